The van der Waals surface area contributed by atoms with Crippen molar-refractivity contribution >= 4 is 45.7 Å². The van der Waals surface area contributed by atoms with Crippen molar-refractivity contribution in [3.05, 3.63) is 51.3 Å². The fourth-order valence-corrected chi connectivity index (χ4v) is 5.05. The Balaban J connectivity index is 1.30. The van der Waals surface area contributed by atoms with Crippen molar-refractivity contribution in [2.24, 2.45) is 5.92 Å². The fraction of sp³-hybridized carbons (Fsp3) is 0.350. The molecule has 1 aromatic carbocycles. The molecule has 2 aromatic heterocycles. The SMILES string of the molecule is O=C(C1CCN(c2cnc3cc(Cl)ccc3n2)C1)N1CCc2sccc2C1. The van der Waals surface area contributed by atoms with Gasteiger partial charge in [-0.25, -0.2) is 4.98 Å². The van der Waals surface area contributed by atoms with Crippen LogP contribution >= 0.6 is 22.9 Å². The van der Waals surface area contributed by atoms with E-state index in [1.165, 1.54) is 10.4 Å². The van der Waals surface area contributed by atoms with Crippen molar-refractivity contribution in [3.8, 4) is 0 Å². The lowest BCUT2D eigenvalue weighted by Gasteiger charge is -2.29. The van der Waals surface area contributed by atoms with Gasteiger partial charge in [0.2, 0.25) is 5.91 Å². The quantitative estimate of drug-likeness (QED) is 0.659. The zero-order valence-corrected chi connectivity index (χ0v) is 16.3. The molecule has 27 heavy (non-hydrogen) atoms. The second-order valence-electron chi connectivity index (χ2n) is 7.17. The van der Waals surface area contributed by atoms with E-state index in [2.05, 4.69) is 21.3 Å². The van der Waals surface area contributed by atoms with E-state index in [1.807, 2.05) is 23.1 Å². The molecule has 3 aromatic rings. The second kappa shape index (κ2) is 6.77. The molecule has 0 N–H and O–H groups in total. The Hall–Kier alpha value is -2.18. The van der Waals surface area contributed by atoms with Crippen LogP contribution in [0.15, 0.2) is 35.8 Å². The minimum Gasteiger partial charge on any atom is -0.354 e. The Morgan fingerprint density at radius 2 is 2.15 bits per heavy atom. The maximum Gasteiger partial charge on any atom is 0.227 e. The van der Waals surface area contributed by atoms with Crippen molar-refractivity contribution in [3.63, 3.8) is 0 Å². The highest BCUT2D eigenvalue weighted by Gasteiger charge is 2.33. The maximum atomic E-state index is 13.0. The third kappa shape index (κ3) is 3.17. The van der Waals surface area contributed by atoms with Gasteiger partial charge in [0.1, 0.15) is 5.82 Å². The molecule has 7 heteroatoms. The number of carbonyl (C=O) groups is 1. The summed E-state index contributed by atoms with van der Waals surface area (Å²) >= 11 is 7.82. The first-order valence-electron chi connectivity index (χ1n) is 9.19. The van der Waals surface area contributed by atoms with Crippen molar-refractivity contribution in [1.82, 2.24) is 14.9 Å². The first-order valence-corrected chi connectivity index (χ1v) is 10.4. The van der Waals surface area contributed by atoms with Crippen LogP contribution in [0, 0.1) is 5.92 Å². The number of thiophene rings is 1. The molecular weight excluding hydrogens is 380 g/mol. The topological polar surface area (TPSA) is 49.3 Å². The Bertz CT molecular complexity index is 1020. The largest absolute Gasteiger partial charge is 0.354 e. The number of hydrogen-bond donors (Lipinski definition) is 0. The van der Waals surface area contributed by atoms with Crippen LogP contribution in [0.4, 0.5) is 5.82 Å². The number of hydrogen-bond acceptors (Lipinski definition) is 5. The number of rotatable bonds is 2. The molecular formula is C20H19ClN4OS. The van der Waals surface area contributed by atoms with E-state index < -0.39 is 0 Å². The van der Waals surface area contributed by atoms with E-state index in [4.69, 9.17) is 16.6 Å². The number of halogens is 1. The summed E-state index contributed by atoms with van der Waals surface area (Å²) in [5.41, 5.74) is 2.93. The number of fused-ring (bicyclic) bond motifs is 2. The third-order valence-electron chi connectivity index (χ3n) is 5.47. The van der Waals surface area contributed by atoms with E-state index in [1.54, 1.807) is 17.5 Å². The van der Waals surface area contributed by atoms with Crippen molar-refractivity contribution < 1.29 is 4.79 Å². The first-order chi connectivity index (χ1) is 13.2. The van der Waals surface area contributed by atoms with Gasteiger partial charge in [0.25, 0.3) is 0 Å². The molecule has 1 saturated heterocycles. The van der Waals surface area contributed by atoms with Crippen LogP contribution in [0.5, 0.6) is 0 Å². The van der Waals surface area contributed by atoms with Gasteiger partial charge < -0.3 is 9.80 Å². The summed E-state index contributed by atoms with van der Waals surface area (Å²) in [7, 11) is 0. The summed E-state index contributed by atoms with van der Waals surface area (Å²) < 4.78 is 0. The molecule has 0 aliphatic carbocycles. The molecule has 5 nitrogen and oxygen atoms in total. The molecule has 138 valence electrons. The Morgan fingerprint density at radius 3 is 3.07 bits per heavy atom. The number of aromatic nitrogens is 2. The molecule has 2 aliphatic rings. The average molecular weight is 399 g/mol. The van der Waals surface area contributed by atoms with Crippen LogP contribution in [0.2, 0.25) is 5.02 Å². The number of benzene rings is 1. The van der Waals surface area contributed by atoms with Gasteiger partial charge in [-0.2, -0.15) is 0 Å². The Labute approximate surface area is 166 Å². The van der Waals surface area contributed by atoms with Crippen LogP contribution < -0.4 is 4.90 Å². The molecule has 4 heterocycles. The highest BCUT2D eigenvalue weighted by molar-refractivity contribution is 7.10. The minimum atomic E-state index is 0.0351. The van der Waals surface area contributed by atoms with Crippen LogP contribution in [-0.2, 0) is 17.8 Å². The van der Waals surface area contributed by atoms with Gasteiger partial charge in [-0.05, 0) is 48.1 Å². The molecule has 1 atom stereocenters. The average Bonchev–Trinajstić information content (AvgIpc) is 3.36. The summed E-state index contributed by atoms with van der Waals surface area (Å²) in [6, 6.07) is 7.68. The lowest BCUT2D eigenvalue weighted by Crippen LogP contribution is -2.40. The number of carbonyl (C=O) groups excluding carboxylic acids is 1. The van der Waals surface area contributed by atoms with Gasteiger partial charge in [0, 0.05) is 36.1 Å². The third-order valence-corrected chi connectivity index (χ3v) is 6.73. The summed E-state index contributed by atoms with van der Waals surface area (Å²) in [5, 5.41) is 2.79. The van der Waals surface area contributed by atoms with Crippen LogP contribution in [-0.4, -0.2) is 40.4 Å². The van der Waals surface area contributed by atoms with Gasteiger partial charge in [0.15, 0.2) is 0 Å². The normalized spacial score (nSPS) is 19.5. The fourth-order valence-electron chi connectivity index (χ4n) is 3.99. The standard InChI is InChI=1S/C20H19ClN4OS/c21-15-1-2-16-17(9-15)22-10-19(23-16)24-6-3-14(12-24)20(26)25-7-4-18-13(11-25)5-8-27-18/h1-2,5,8-10,14H,3-4,6-7,11-12H2. The Kier molecular flexibility index (Phi) is 4.25. The summed E-state index contributed by atoms with van der Waals surface area (Å²) in [6.45, 7) is 3.13. The van der Waals surface area contributed by atoms with E-state index >= 15 is 0 Å². The lowest BCUT2D eigenvalue weighted by molar-refractivity contribution is -0.135. The van der Waals surface area contributed by atoms with Crippen LogP contribution in [0.1, 0.15) is 16.9 Å². The summed E-state index contributed by atoms with van der Waals surface area (Å²) in [5.74, 6) is 1.14. The highest BCUT2D eigenvalue weighted by Crippen LogP contribution is 2.29. The van der Waals surface area contributed by atoms with Gasteiger partial charge in [-0.3, -0.25) is 9.78 Å². The molecule has 1 fully saturated rings. The molecule has 1 amide bonds. The second-order valence-corrected chi connectivity index (χ2v) is 8.61. The predicted molar refractivity (Wildman–Crippen MR) is 108 cm³/mol. The Morgan fingerprint density at radius 1 is 1.22 bits per heavy atom. The van der Waals surface area contributed by atoms with E-state index in [0.29, 0.717) is 11.6 Å². The maximum absolute atomic E-state index is 13.0. The molecule has 0 saturated carbocycles. The zero-order chi connectivity index (χ0) is 18.4. The van der Waals surface area contributed by atoms with Crippen molar-refractivity contribution in [2.45, 2.75) is 19.4 Å². The van der Waals surface area contributed by atoms with Crippen LogP contribution in [0.3, 0.4) is 0 Å². The summed E-state index contributed by atoms with van der Waals surface area (Å²) in [4.78, 5) is 27.8. The molecule has 5 rings (SSSR count). The molecule has 1 unspecified atom stereocenters. The van der Waals surface area contributed by atoms with Crippen molar-refractivity contribution in [2.75, 3.05) is 24.5 Å². The van der Waals surface area contributed by atoms with Gasteiger partial charge >= 0.3 is 0 Å². The molecule has 0 bridgehead atoms. The highest BCUT2D eigenvalue weighted by atomic mass is 35.5. The van der Waals surface area contributed by atoms with Gasteiger partial charge in [-0.15, -0.1) is 11.3 Å². The predicted octanol–water partition coefficient (Wildman–Crippen LogP) is 3.76. The molecule has 0 radical (unpaired) electrons. The number of amides is 1. The number of anilines is 1. The zero-order valence-electron chi connectivity index (χ0n) is 14.8. The molecule has 0 spiro atoms. The van der Waals surface area contributed by atoms with E-state index in [9.17, 15) is 4.79 Å². The van der Waals surface area contributed by atoms with E-state index in [0.717, 1.165) is 49.3 Å². The van der Waals surface area contributed by atoms with Gasteiger partial charge in [-0.1, -0.05) is 11.6 Å². The first kappa shape index (κ1) is 17.0. The lowest BCUT2D eigenvalue weighted by atomic mass is 10.0. The smallest absolute Gasteiger partial charge is 0.227 e. The van der Waals surface area contributed by atoms with E-state index in [-0.39, 0.29) is 11.8 Å². The monoisotopic (exact) mass is 398 g/mol. The summed E-state index contributed by atoms with van der Waals surface area (Å²) in [6.07, 6.45) is 3.63. The minimum absolute atomic E-state index is 0.0351. The van der Waals surface area contributed by atoms with Gasteiger partial charge in [0.05, 0.1) is 23.1 Å². The van der Waals surface area contributed by atoms with Crippen molar-refractivity contribution in [1.29, 1.82) is 0 Å². The number of nitrogens with zero attached hydrogens (tertiary/aromatic N) is 4. The van der Waals surface area contributed by atoms with Crippen LogP contribution in [0.25, 0.3) is 11.0 Å². The molecule has 2 aliphatic heterocycles.